The summed E-state index contributed by atoms with van der Waals surface area (Å²) in [5, 5.41) is 19.8. The molecule has 0 aromatic heterocycles. The highest BCUT2D eigenvalue weighted by atomic mass is 35.5. The number of ketones is 1. The van der Waals surface area contributed by atoms with E-state index in [1.54, 1.807) is 6.92 Å². The maximum atomic E-state index is 12.5. The number of phenolic OH excluding ortho intramolecular Hbond substituents is 2. The third kappa shape index (κ3) is 3.96. The third-order valence-electron chi connectivity index (χ3n) is 4.31. The van der Waals surface area contributed by atoms with E-state index in [-0.39, 0.29) is 52.7 Å². The summed E-state index contributed by atoms with van der Waals surface area (Å²) in [7, 11) is 0. The second-order valence-corrected chi connectivity index (χ2v) is 6.73. The van der Waals surface area contributed by atoms with Gasteiger partial charge in [0.2, 0.25) is 0 Å². The first-order valence-corrected chi connectivity index (χ1v) is 8.52. The van der Waals surface area contributed by atoms with Crippen LogP contribution in [-0.4, -0.2) is 40.3 Å². The van der Waals surface area contributed by atoms with Crippen LogP contribution in [0.25, 0.3) is 0 Å². The Labute approximate surface area is 150 Å². The number of hydrogen-bond acceptors (Lipinski definition) is 6. The molecule has 0 aliphatic carbocycles. The summed E-state index contributed by atoms with van der Waals surface area (Å²) in [4.78, 5) is 24.7. The monoisotopic (exact) mass is 366 g/mol. The zero-order valence-corrected chi connectivity index (χ0v) is 14.5. The molecule has 6 nitrogen and oxygen atoms in total. The Balaban J connectivity index is 1.96. The first-order chi connectivity index (χ1) is 11.9. The molecule has 1 aromatic rings. The quantitative estimate of drug-likeness (QED) is 0.416. The molecule has 2 heterocycles. The topological polar surface area (TPSA) is 96.4 Å². The first kappa shape index (κ1) is 17.8. The van der Waals surface area contributed by atoms with Crippen molar-refractivity contribution in [1.29, 1.82) is 0 Å². The fraction of sp³-hybridized carbons (Fsp3) is 0.444. The number of allylic oxidation sites excluding steroid dienone is 1. The van der Waals surface area contributed by atoms with Gasteiger partial charge in [-0.2, -0.15) is 0 Å². The summed E-state index contributed by atoms with van der Waals surface area (Å²) in [5.41, 5.74) is -0.0909. The SMILES string of the molecule is CC1CC2OC2/C=C/CCC(=O)Cc2c(Cl)c(O)cc(O)c2C(=O)O1. The predicted octanol–water partition coefficient (Wildman–Crippen LogP) is 2.92. The Hall–Kier alpha value is -2.05. The Morgan fingerprint density at radius 2 is 2.00 bits per heavy atom. The largest absolute Gasteiger partial charge is 0.507 e. The van der Waals surface area contributed by atoms with Gasteiger partial charge < -0.3 is 19.7 Å². The number of benzene rings is 1. The fourth-order valence-electron chi connectivity index (χ4n) is 2.97. The lowest BCUT2D eigenvalue weighted by atomic mass is 9.98. The van der Waals surface area contributed by atoms with Gasteiger partial charge in [-0.1, -0.05) is 23.8 Å². The zero-order chi connectivity index (χ0) is 18.1. The van der Waals surface area contributed by atoms with Crippen LogP contribution in [0.2, 0.25) is 5.02 Å². The molecule has 1 aromatic carbocycles. The second-order valence-electron chi connectivity index (χ2n) is 6.36. The Morgan fingerprint density at radius 3 is 2.76 bits per heavy atom. The van der Waals surface area contributed by atoms with Gasteiger partial charge in [0.15, 0.2) is 0 Å². The summed E-state index contributed by atoms with van der Waals surface area (Å²) in [6.07, 6.45) is 4.51. The van der Waals surface area contributed by atoms with Crippen molar-refractivity contribution in [1.82, 2.24) is 0 Å². The van der Waals surface area contributed by atoms with Gasteiger partial charge in [-0.25, -0.2) is 4.79 Å². The molecule has 0 bridgehead atoms. The Kier molecular flexibility index (Phi) is 5.01. The minimum Gasteiger partial charge on any atom is -0.507 e. The predicted molar refractivity (Wildman–Crippen MR) is 90.0 cm³/mol. The average molecular weight is 367 g/mol. The van der Waals surface area contributed by atoms with Crippen LogP contribution >= 0.6 is 11.6 Å². The van der Waals surface area contributed by atoms with Gasteiger partial charge in [0, 0.05) is 30.9 Å². The van der Waals surface area contributed by atoms with Crippen LogP contribution in [0.5, 0.6) is 11.5 Å². The number of Topliss-reactive ketones (excluding diaryl/α,β-unsaturated/α-hetero) is 1. The number of cyclic esters (lactones) is 1. The van der Waals surface area contributed by atoms with Gasteiger partial charge in [0.05, 0.1) is 11.1 Å². The molecular formula is C18H19ClO6. The fourth-order valence-corrected chi connectivity index (χ4v) is 3.19. The van der Waals surface area contributed by atoms with E-state index in [9.17, 15) is 19.8 Å². The highest BCUT2D eigenvalue weighted by Gasteiger charge is 2.38. The lowest BCUT2D eigenvalue weighted by Gasteiger charge is -2.17. The molecule has 3 atom stereocenters. The van der Waals surface area contributed by atoms with Crippen LogP contribution in [0.4, 0.5) is 0 Å². The molecule has 0 spiro atoms. The van der Waals surface area contributed by atoms with Gasteiger partial charge in [-0.05, 0) is 13.3 Å². The van der Waals surface area contributed by atoms with Gasteiger partial charge in [0.1, 0.15) is 35.1 Å². The van der Waals surface area contributed by atoms with E-state index < -0.39 is 17.8 Å². The van der Waals surface area contributed by atoms with Crippen LogP contribution in [0, 0.1) is 0 Å². The third-order valence-corrected chi connectivity index (χ3v) is 4.73. The zero-order valence-electron chi connectivity index (χ0n) is 13.7. The molecular weight excluding hydrogens is 348 g/mol. The average Bonchev–Trinajstić information content (AvgIpc) is 3.25. The summed E-state index contributed by atoms with van der Waals surface area (Å²) < 4.78 is 10.9. The molecule has 0 saturated carbocycles. The summed E-state index contributed by atoms with van der Waals surface area (Å²) in [6, 6.07) is 0.976. The standard InChI is InChI=1S/C18H19ClO6/c1-9-6-15-14(25-15)5-3-2-4-10(20)7-11-16(18(23)24-9)12(21)8-13(22)17(11)19/h3,5,8-9,14-15,21-22H,2,4,6-7H2,1H3/b5-3+. The van der Waals surface area contributed by atoms with Gasteiger partial charge in [-0.15, -0.1) is 0 Å². The van der Waals surface area contributed by atoms with Crippen LogP contribution in [-0.2, 0) is 20.7 Å². The minimum absolute atomic E-state index is 0.00808. The number of ether oxygens (including phenoxy) is 2. The number of rotatable bonds is 0. The minimum atomic E-state index is -0.778. The summed E-state index contributed by atoms with van der Waals surface area (Å²) in [6.45, 7) is 1.73. The van der Waals surface area contributed by atoms with E-state index in [0.29, 0.717) is 12.8 Å². The molecule has 1 fully saturated rings. The molecule has 2 N–H and O–H groups in total. The van der Waals surface area contributed by atoms with Crippen molar-refractivity contribution in [2.75, 3.05) is 0 Å². The smallest absolute Gasteiger partial charge is 0.342 e. The van der Waals surface area contributed by atoms with E-state index in [2.05, 4.69) is 0 Å². The molecule has 2 aliphatic rings. The molecule has 0 amide bonds. The van der Waals surface area contributed by atoms with Crippen LogP contribution in [0.1, 0.15) is 42.1 Å². The van der Waals surface area contributed by atoms with Crippen molar-refractivity contribution in [3.63, 3.8) is 0 Å². The molecule has 1 saturated heterocycles. The van der Waals surface area contributed by atoms with Crippen molar-refractivity contribution >= 4 is 23.4 Å². The van der Waals surface area contributed by atoms with Crippen LogP contribution in [0.15, 0.2) is 18.2 Å². The first-order valence-electron chi connectivity index (χ1n) is 8.15. The number of fused-ring (bicyclic) bond motifs is 2. The molecule has 0 radical (unpaired) electrons. The van der Waals surface area contributed by atoms with E-state index in [1.807, 2.05) is 12.2 Å². The number of epoxide rings is 1. The van der Waals surface area contributed by atoms with E-state index >= 15 is 0 Å². The van der Waals surface area contributed by atoms with Crippen LogP contribution < -0.4 is 0 Å². The van der Waals surface area contributed by atoms with Crippen molar-refractivity contribution in [2.24, 2.45) is 0 Å². The van der Waals surface area contributed by atoms with Crippen molar-refractivity contribution in [3.8, 4) is 11.5 Å². The highest BCUT2D eigenvalue weighted by molar-refractivity contribution is 6.33. The lowest BCUT2D eigenvalue weighted by molar-refractivity contribution is -0.118. The Morgan fingerprint density at radius 1 is 1.24 bits per heavy atom. The number of carbonyl (C=O) groups is 2. The molecule has 2 aliphatic heterocycles. The number of esters is 1. The molecule has 134 valence electrons. The molecule has 25 heavy (non-hydrogen) atoms. The number of halogens is 1. The second kappa shape index (κ2) is 7.06. The maximum absolute atomic E-state index is 12.5. The summed E-state index contributed by atoms with van der Waals surface area (Å²) in [5.74, 6) is -1.79. The normalized spacial score (nSPS) is 28.3. The number of carbonyl (C=O) groups excluding carboxylic acids is 2. The van der Waals surface area contributed by atoms with Gasteiger partial charge in [0.25, 0.3) is 0 Å². The molecule has 7 heteroatoms. The lowest BCUT2D eigenvalue weighted by Crippen LogP contribution is -2.20. The molecule has 3 rings (SSSR count). The van der Waals surface area contributed by atoms with E-state index in [1.165, 1.54) is 0 Å². The summed E-state index contributed by atoms with van der Waals surface area (Å²) >= 11 is 6.08. The van der Waals surface area contributed by atoms with Crippen molar-refractivity contribution < 1.29 is 29.3 Å². The maximum Gasteiger partial charge on any atom is 0.342 e. The van der Waals surface area contributed by atoms with Crippen LogP contribution in [0.3, 0.4) is 0 Å². The van der Waals surface area contributed by atoms with E-state index in [0.717, 1.165) is 6.07 Å². The van der Waals surface area contributed by atoms with Gasteiger partial charge >= 0.3 is 5.97 Å². The Bertz CT molecular complexity index is 742. The number of phenols is 2. The van der Waals surface area contributed by atoms with Crippen molar-refractivity contribution in [2.45, 2.75) is 50.9 Å². The number of aromatic hydroxyl groups is 2. The highest BCUT2D eigenvalue weighted by Crippen LogP contribution is 2.38. The number of hydrogen-bond donors (Lipinski definition) is 2. The van der Waals surface area contributed by atoms with Gasteiger partial charge in [-0.3, -0.25) is 4.79 Å². The van der Waals surface area contributed by atoms with E-state index in [4.69, 9.17) is 21.1 Å². The van der Waals surface area contributed by atoms with Crippen molar-refractivity contribution in [3.05, 3.63) is 34.4 Å². The molecule has 3 unspecified atom stereocenters.